The Bertz CT molecular complexity index is 368. The fourth-order valence-corrected chi connectivity index (χ4v) is 3.55. The highest BCUT2D eigenvalue weighted by Crippen LogP contribution is 2.24. The summed E-state index contributed by atoms with van der Waals surface area (Å²) in [6, 6.07) is 11.6. The molecule has 2 rings (SSSR count). The Labute approximate surface area is 130 Å². The summed E-state index contributed by atoms with van der Waals surface area (Å²) >= 11 is 0. The zero-order valence-corrected chi connectivity index (χ0v) is 13.6. The summed E-state index contributed by atoms with van der Waals surface area (Å²) in [6.45, 7) is 5.58. The second-order valence-corrected chi connectivity index (χ2v) is 6.55. The average molecular weight is 288 g/mol. The lowest BCUT2D eigenvalue weighted by Crippen LogP contribution is -2.45. The van der Waals surface area contributed by atoms with E-state index in [4.69, 9.17) is 5.73 Å². The predicted molar refractivity (Wildman–Crippen MR) is 91.4 cm³/mol. The van der Waals surface area contributed by atoms with Gasteiger partial charge in [-0.1, -0.05) is 56.5 Å². The van der Waals surface area contributed by atoms with Crippen molar-refractivity contribution in [2.24, 2.45) is 11.7 Å². The molecular formula is C19H32N2. The molecule has 2 nitrogen and oxygen atoms in total. The smallest absolute Gasteiger partial charge is 0.0218 e. The first-order chi connectivity index (χ1) is 10.3. The third-order valence-electron chi connectivity index (χ3n) is 4.95. The molecule has 1 aromatic rings. The minimum Gasteiger partial charge on any atom is -0.329 e. The fourth-order valence-electron chi connectivity index (χ4n) is 3.55. The van der Waals surface area contributed by atoms with Crippen LogP contribution in [-0.2, 0) is 6.42 Å². The number of hydrogen-bond acceptors (Lipinski definition) is 2. The number of unbranched alkanes of at least 4 members (excludes halogenated alkanes) is 2. The number of nitrogens with zero attached hydrogens (tertiary/aromatic N) is 1. The van der Waals surface area contributed by atoms with Crippen LogP contribution in [0, 0.1) is 5.92 Å². The van der Waals surface area contributed by atoms with Crippen molar-refractivity contribution >= 4 is 0 Å². The number of nitrogens with two attached hydrogens (primary N) is 1. The first-order valence-electron chi connectivity index (χ1n) is 8.81. The summed E-state index contributed by atoms with van der Waals surface area (Å²) in [5.74, 6) is 0.859. The minimum atomic E-state index is 0.620. The quantitative estimate of drug-likeness (QED) is 0.736. The van der Waals surface area contributed by atoms with Crippen molar-refractivity contribution < 1.29 is 0 Å². The van der Waals surface area contributed by atoms with Crippen LogP contribution < -0.4 is 5.73 Å². The van der Waals surface area contributed by atoms with Crippen LogP contribution in [0.2, 0.25) is 0 Å². The monoisotopic (exact) mass is 288 g/mol. The van der Waals surface area contributed by atoms with Crippen molar-refractivity contribution in [1.29, 1.82) is 0 Å². The lowest BCUT2D eigenvalue weighted by Gasteiger charge is -2.37. The molecule has 2 N–H and O–H groups in total. The van der Waals surface area contributed by atoms with Gasteiger partial charge in [-0.15, -0.1) is 0 Å². The zero-order chi connectivity index (χ0) is 14.9. The first kappa shape index (κ1) is 16.5. The molecule has 1 saturated heterocycles. The maximum absolute atomic E-state index is 6.00. The standard InChI is InChI=1S/C19H32N2/c1-2-3-5-10-19(16-20)21-13-11-18(12-14-21)15-17-8-6-4-7-9-17/h4,6-9,18-19H,2-3,5,10-16,20H2,1H3. The molecule has 0 radical (unpaired) electrons. The molecular weight excluding hydrogens is 256 g/mol. The Hall–Kier alpha value is -0.860. The topological polar surface area (TPSA) is 29.3 Å². The van der Waals surface area contributed by atoms with Gasteiger partial charge in [0.25, 0.3) is 0 Å². The summed E-state index contributed by atoms with van der Waals surface area (Å²) in [4.78, 5) is 2.65. The highest BCUT2D eigenvalue weighted by atomic mass is 15.2. The van der Waals surface area contributed by atoms with Crippen molar-refractivity contribution in [3.8, 4) is 0 Å². The Morgan fingerprint density at radius 2 is 1.86 bits per heavy atom. The van der Waals surface area contributed by atoms with Gasteiger partial charge in [0.2, 0.25) is 0 Å². The number of hydrogen-bond donors (Lipinski definition) is 1. The van der Waals surface area contributed by atoms with E-state index in [1.54, 1.807) is 0 Å². The van der Waals surface area contributed by atoms with Crippen LogP contribution in [0.15, 0.2) is 30.3 Å². The molecule has 0 amide bonds. The van der Waals surface area contributed by atoms with Gasteiger partial charge in [0.05, 0.1) is 0 Å². The minimum absolute atomic E-state index is 0.620. The average Bonchev–Trinajstić information content (AvgIpc) is 2.54. The maximum Gasteiger partial charge on any atom is 0.0218 e. The van der Waals surface area contributed by atoms with Crippen LogP contribution in [0.1, 0.15) is 51.0 Å². The zero-order valence-electron chi connectivity index (χ0n) is 13.6. The largest absolute Gasteiger partial charge is 0.329 e. The molecule has 118 valence electrons. The van der Waals surface area contributed by atoms with E-state index in [-0.39, 0.29) is 0 Å². The molecule has 1 aromatic carbocycles. The van der Waals surface area contributed by atoms with Gasteiger partial charge in [0, 0.05) is 12.6 Å². The molecule has 1 aliphatic heterocycles. The van der Waals surface area contributed by atoms with Gasteiger partial charge in [-0.3, -0.25) is 4.90 Å². The van der Waals surface area contributed by atoms with Gasteiger partial charge in [0.15, 0.2) is 0 Å². The maximum atomic E-state index is 6.00. The molecule has 1 atom stereocenters. The summed E-state index contributed by atoms with van der Waals surface area (Å²) in [5, 5.41) is 0. The third-order valence-corrected chi connectivity index (χ3v) is 4.95. The third kappa shape index (κ3) is 5.44. The Morgan fingerprint density at radius 3 is 2.48 bits per heavy atom. The highest BCUT2D eigenvalue weighted by molar-refractivity contribution is 5.15. The van der Waals surface area contributed by atoms with Crippen LogP contribution in [0.3, 0.4) is 0 Å². The van der Waals surface area contributed by atoms with Crippen LogP contribution in [0.4, 0.5) is 0 Å². The number of piperidine rings is 1. The van der Waals surface area contributed by atoms with E-state index in [0.29, 0.717) is 6.04 Å². The van der Waals surface area contributed by atoms with Crippen LogP contribution in [0.25, 0.3) is 0 Å². The number of rotatable bonds is 8. The van der Waals surface area contributed by atoms with Crippen molar-refractivity contribution in [3.05, 3.63) is 35.9 Å². The Kier molecular flexibility index (Phi) is 7.25. The summed E-state index contributed by atoms with van der Waals surface area (Å²) in [7, 11) is 0. The predicted octanol–water partition coefficient (Wildman–Crippen LogP) is 3.85. The van der Waals surface area contributed by atoms with E-state index in [0.717, 1.165) is 12.5 Å². The molecule has 21 heavy (non-hydrogen) atoms. The molecule has 1 unspecified atom stereocenters. The van der Waals surface area contributed by atoms with Gasteiger partial charge in [-0.2, -0.15) is 0 Å². The van der Waals surface area contributed by atoms with Crippen molar-refractivity contribution in [2.45, 2.75) is 57.9 Å². The van der Waals surface area contributed by atoms with Crippen LogP contribution >= 0.6 is 0 Å². The van der Waals surface area contributed by atoms with E-state index in [2.05, 4.69) is 42.2 Å². The van der Waals surface area contributed by atoms with Crippen LogP contribution in [0.5, 0.6) is 0 Å². The van der Waals surface area contributed by atoms with E-state index in [1.165, 1.54) is 63.6 Å². The molecule has 0 spiro atoms. The molecule has 1 heterocycles. The fraction of sp³-hybridized carbons (Fsp3) is 0.684. The summed E-state index contributed by atoms with van der Waals surface area (Å²) in [5.41, 5.74) is 7.50. The second-order valence-electron chi connectivity index (χ2n) is 6.55. The van der Waals surface area contributed by atoms with Crippen molar-refractivity contribution in [3.63, 3.8) is 0 Å². The molecule has 0 aliphatic carbocycles. The van der Waals surface area contributed by atoms with Gasteiger partial charge in [0.1, 0.15) is 0 Å². The second kappa shape index (κ2) is 9.22. The Morgan fingerprint density at radius 1 is 1.14 bits per heavy atom. The molecule has 1 fully saturated rings. The van der Waals surface area contributed by atoms with Gasteiger partial charge in [-0.05, 0) is 50.3 Å². The number of benzene rings is 1. The summed E-state index contributed by atoms with van der Waals surface area (Å²) in [6.07, 6.45) is 9.18. The lowest BCUT2D eigenvalue weighted by molar-refractivity contribution is 0.127. The van der Waals surface area contributed by atoms with Gasteiger partial charge < -0.3 is 5.73 Å². The first-order valence-corrected chi connectivity index (χ1v) is 8.81. The highest BCUT2D eigenvalue weighted by Gasteiger charge is 2.24. The van der Waals surface area contributed by atoms with E-state index >= 15 is 0 Å². The van der Waals surface area contributed by atoms with Crippen molar-refractivity contribution in [1.82, 2.24) is 4.90 Å². The Balaban J connectivity index is 1.74. The van der Waals surface area contributed by atoms with Crippen LogP contribution in [-0.4, -0.2) is 30.6 Å². The number of likely N-dealkylation sites (tertiary alicyclic amines) is 1. The molecule has 0 saturated carbocycles. The normalized spacial score (nSPS) is 18.8. The lowest BCUT2D eigenvalue weighted by atomic mass is 9.89. The molecule has 0 aromatic heterocycles. The van der Waals surface area contributed by atoms with Crippen molar-refractivity contribution in [2.75, 3.05) is 19.6 Å². The van der Waals surface area contributed by atoms with E-state index < -0.39 is 0 Å². The van der Waals surface area contributed by atoms with E-state index in [9.17, 15) is 0 Å². The molecule has 2 heteroatoms. The summed E-state index contributed by atoms with van der Waals surface area (Å²) < 4.78 is 0. The van der Waals surface area contributed by atoms with Gasteiger partial charge >= 0.3 is 0 Å². The SMILES string of the molecule is CCCCCC(CN)N1CCC(Cc2ccccc2)CC1. The van der Waals surface area contributed by atoms with E-state index in [1.807, 2.05) is 0 Å². The molecule has 0 bridgehead atoms. The van der Waals surface area contributed by atoms with Gasteiger partial charge in [-0.25, -0.2) is 0 Å². The molecule has 1 aliphatic rings.